The van der Waals surface area contributed by atoms with Crippen molar-refractivity contribution in [2.45, 2.75) is 34.6 Å². The fourth-order valence-corrected chi connectivity index (χ4v) is 4.71. The number of carbonyl (C=O) groups is 3. The third-order valence-electron chi connectivity index (χ3n) is 6.46. The molecule has 3 aromatic rings. The summed E-state index contributed by atoms with van der Waals surface area (Å²) in [4.78, 5) is 40.0. The quantitative estimate of drug-likeness (QED) is 0.333. The third-order valence-corrected chi connectivity index (χ3v) is 6.46. The lowest BCUT2D eigenvalue weighted by atomic mass is 10.0. The average molecular weight is 499 g/mol. The molecule has 2 heterocycles. The van der Waals surface area contributed by atoms with Gasteiger partial charge in [0.2, 0.25) is 0 Å². The highest BCUT2D eigenvalue weighted by Crippen LogP contribution is 2.36. The zero-order valence-electron chi connectivity index (χ0n) is 21.9. The van der Waals surface area contributed by atoms with E-state index in [0.29, 0.717) is 16.9 Å². The van der Waals surface area contributed by atoms with Crippen LogP contribution in [0.4, 0.5) is 5.69 Å². The summed E-state index contributed by atoms with van der Waals surface area (Å²) in [5.74, 6) is -1.37. The van der Waals surface area contributed by atoms with Gasteiger partial charge in [-0.3, -0.25) is 9.69 Å². The predicted molar refractivity (Wildman–Crippen MR) is 143 cm³/mol. The molecule has 37 heavy (non-hydrogen) atoms. The summed E-state index contributed by atoms with van der Waals surface area (Å²) in [6.45, 7) is 9.76. The molecule has 0 saturated carbocycles. The van der Waals surface area contributed by atoms with Crippen LogP contribution in [0.5, 0.6) is 0 Å². The van der Waals surface area contributed by atoms with Crippen LogP contribution in [0.25, 0.3) is 11.8 Å². The van der Waals surface area contributed by atoms with E-state index in [0.717, 1.165) is 28.2 Å². The summed E-state index contributed by atoms with van der Waals surface area (Å²) in [6.07, 6.45) is 1.75. The van der Waals surface area contributed by atoms with Crippen LogP contribution < -0.4 is 4.90 Å². The molecule has 4 rings (SSSR count). The van der Waals surface area contributed by atoms with Crippen LogP contribution in [0, 0.1) is 20.8 Å². The van der Waals surface area contributed by atoms with Gasteiger partial charge in [-0.25, -0.2) is 9.59 Å². The highest BCUT2D eigenvalue weighted by molar-refractivity contribution is 6.24. The first-order chi connectivity index (χ1) is 17.7. The topological polar surface area (TPSA) is 77.8 Å². The molecule has 1 aliphatic rings. The van der Waals surface area contributed by atoms with E-state index in [-0.39, 0.29) is 23.7 Å². The predicted octanol–water partition coefficient (Wildman–Crippen LogP) is 5.46. The number of nitrogens with zero attached hydrogens (tertiary/aromatic N) is 2. The van der Waals surface area contributed by atoms with E-state index in [9.17, 15) is 14.4 Å². The Morgan fingerprint density at radius 2 is 1.62 bits per heavy atom. The SMILES string of the molecule is CCOC(=O)c1ccc(N2C(=O)C(=Cc3cc(C)n(-c4cccc(C)c4)c3C)C(C(=O)OC)=C2C)cc1. The Bertz CT molecular complexity index is 1460. The number of methoxy groups -OCH3 is 1. The molecule has 0 fully saturated rings. The number of aromatic nitrogens is 1. The summed E-state index contributed by atoms with van der Waals surface area (Å²) >= 11 is 0. The number of aryl methyl sites for hydroxylation is 2. The van der Waals surface area contributed by atoms with Gasteiger partial charge in [0.15, 0.2) is 0 Å². The van der Waals surface area contributed by atoms with Crippen LogP contribution in [-0.2, 0) is 19.1 Å². The third kappa shape index (κ3) is 4.72. The minimum Gasteiger partial charge on any atom is -0.465 e. The maximum atomic E-state index is 13.7. The van der Waals surface area contributed by atoms with Gasteiger partial charge in [0.05, 0.1) is 30.4 Å². The van der Waals surface area contributed by atoms with Gasteiger partial charge in [0, 0.05) is 28.5 Å². The molecule has 1 amide bonds. The molecule has 7 heteroatoms. The number of rotatable bonds is 6. The lowest BCUT2D eigenvalue weighted by Crippen LogP contribution is -2.24. The van der Waals surface area contributed by atoms with Gasteiger partial charge < -0.3 is 14.0 Å². The summed E-state index contributed by atoms with van der Waals surface area (Å²) in [7, 11) is 1.30. The van der Waals surface area contributed by atoms with E-state index in [1.807, 2.05) is 45.0 Å². The summed E-state index contributed by atoms with van der Waals surface area (Å²) in [5, 5.41) is 0. The van der Waals surface area contributed by atoms with E-state index in [2.05, 4.69) is 10.6 Å². The Balaban J connectivity index is 1.78. The zero-order chi connectivity index (χ0) is 26.9. The van der Waals surface area contributed by atoms with Crippen molar-refractivity contribution in [2.75, 3.05) is 18.6 Å². The molecular formula is C30H30N2O5. The van der Waals surface area contributed by atoms with Crippen LogP contribution in [0.1, 0.15) is 46.7 Å². The standard InChI is InChI=1S/C30H30N2O5/c1-7-37-29(34)22-11-13-24(14-12-22)32-21(5)27(30(35)36-6)26(28(32)33)17-23-16-19(3)31(20(23)4)25-10-8-9-18(2)15-25/h8-17H,7H2,1-6H3. The fourth-order valence-electron chi connectivity index (χ4n) is 4.71. The van der Waals surface area contributed by atoms with Crippen LogP contribution in [0.2, 0.25) is 0 Å². The second kappa shape index (κ2) is 10.3. The van der Waals surface area contributed by atoms with Crippen molar-refractivity contribution in [1.29, 1.82) is 0 Å². The highest BCUT2D eigenvalue weighted by atomic mass is 16.5. The van der Waals surface area contributed by atoms with E-state index < -0.39 is 11.9 Å². The molecule has 0 bridgehead atoms. The van der Waals surface area contributed by atoms with E-state index in [4.69, 9.17) is 9.47 Å². The normalized spacial score (nSPS) is 14.5. The molecule has 1 aromatic heterocycles. The molecule has 0 radical (unpaired) electrons. The van der Waals surface area contributed by atoms with Gasteiger partial charge in [-0.1, -0.05) is 12.1 Å². The molecule has 190 valence electrons. The van der Waals surface area contributed by atoms with Crippen LogP contribution in [0.3, 0.4) is 0 Å². The number of anilines is 1. The molecule has 7 nitrogen and oxygen atoms in total. The van der Waals surface area contributed by atoms with Crippen molar-refractivity contribution in [2.24, 2.45) is 0 Å². The minimum absolute atomic E-state index is 0.210. The second-order valence-electron chi connectivity index (χ2n) is 8.92. The van der Waals surface area contributed by atoms with Crippen molar-refractivity contribution < 1.29 is 23.9 Å². The van der Waals surface area contributed by atoms with Crippen molar-refractivity contribution in [3.05, 3.63) is 99.5 Å². The van der Waals surface area contributed by atoms with Crippen LogP contribution in [-0.4, -0.2) is 36.1 Å². The lowest BCUT2D eigenvalue weighted by Gasteiger charge is -2.18. The number of amides is 1. The van der Waals surface area contributed by atoms with Gasteiger partial charge in [-0.2, -0.15) is 0 Å². The van der Waals surface area contributed by atoms with Gasteiger partial charge in [-0.15, -0.1) is 0 Å². The number of benzene rings is 2. The summed E-state index contributed by atoms with van der Waals surface area (Å²) in [6, 6.07) is 16.7. The first-order valence-corrected chi connectivity index (χ1v) is 12.1. The zero-order valence-corrected chi connectivity index (χ0v) is 21.9. The maximum absolute atomic E-state index is 13.7. The first kappa shape index (κ1) is 25.7. The number of hydrogen-bond acceptors (Lipinski definition) is 5. The van der Waals surface area contributed by atoms with Crippen molar-refractivity contribution in [3.63, 3.8) is 0 Å². The molecule has 0 aliphatic carbocycles. The molecular weight excluding hydrogens is 468 g/mol. The minimum atomic E-state index is -0.588. The van der Waals surface area contributed by atoms with Crippen molar-refractivity contribution >= 4 is 29.6 Å². The molecule has 0 spiro atoms. The smallest absolute Gasteiger partial charge is 0.340 e. The first-order valence-electron chi connectivity index (χ1n) is 12.1. The highest BCUT2D eigenvalue weighted by Gasteiger charge is 2.38. The second-order valence-corrected chi connectivity index (χ2v) is 8.92. The number of esters is 2. The van der Waals surface area contributed by atoms with Gasteiger partial charge in [0.25, 0.3) is 5.91 Å². The molecule has 0 saturated heterocycles. The Hall–Kier alpha value is -4.39. The number of allylic oxidation sites excluding steroid dienone is 1. The monoisotopic (exact) mass is 498 g/mol. The van der Waals surface area contributed by atoms with E-state index in [1.54, 1.807) is 44.2 Å². The van der Waals surface area contributed by atoms with E-state index in [1.165, 1.54) is 12.0 Å². The van der Waals surface area contributed by atoms with Gasteiger partial charge in [0.1, 0.15) is 0 Å². The summed E-state index contributed by atoms with van der Waals surface area (Å²) < 4.78 is 12.2. The largest absolute Gasteiger partial charge is 0.465 e. The molecule has 2 aromatic carbocycles. The van der Waals surface area contributed by atoms with Crippen LogP contribution >= 0.6 is 0 Å². The average Bonchev–Trinajstić information content (AvgIpc) is 3.29. The van der Waals surface area contributed by atoms with Gasteiger partial charge >= 0.3 is 11.9 Å². The Morgan fingerprint density at radius 3 is 2.24 bits per heavy atom. The maximum Gasteiger partial charge on any atom is 0.340 e. The molecule has 0 atom stereocenters. The Kier molecular flexibility index (Phi) is 7.16. The Labute approximate surface area is 216 Å². The number of carbonyl (C=O) groups excluding carboxylic acids is 3. The Morgan fingerprint density at radius 1 is 0.919 bits per heavy atom. The fraction of sp³-hybridized carbons (Fsp3) is 0.233. The number of ether oxygens (including phenoxy) is 2. The molecule has 0 N–H and O–H groups in total. The van der Waals surface area contributed by atoms with Crippen LogP contribution in [0.15, 0.2) is 71.4 Å². The van der Waals surface area contributed by atoms with E-state index >= 15 is 0 Å². The molecule has 0 unspecified atom stereocenters. The lowest BCUT2D eigenvalue weighted by molar-refractivity contribution is -0.136. The van der Waals surface area contributed by atoms with Crippen molar-refractivity contribution in [1.82, 2.24) is 4.57 Å². The van der Waals surface area contributed by atoms with Gasteiger partial charge in [-0.05, 0) is 94.3 Å². The van der Waals surface area contributed by atoms with Crippen molar-refractivity contribution in [3.8, 4) is 5.69 Å². The number of hydrogen-bond donors (Lipinski definition) is 0. The summed E-state index contributed by atoms with van der Waals surface area (Å²) in [5.41, 5.74) is 6.79. The molecule has 1 aliphatic heterocycles.